The highest BCUT2D eigenvalue weighted by Crippen LogP contribution is 2.40. The van der Waals surface area contributed by atoms with E-state index in [2.05, 4.69) is 0 Å². The molecule has 17 heavy (non-hydrogen) atoms. The van der Waals surface area contributed by atoms with Crippen LogP contribution in [0.1, 0.15) is 26.3 Å². The molecule has 96 valence electrons. The van der Waals surface area contributed by atoms with E-state index < -0.39 is 5.60 Å². The second kappa shape index (κ2) is 4.84. The molecule has 0 saturated heterocycles. The zero-order valence-corrected chi connectivity index (χ0v) is 11.5. The smallest absolute Gasteiger partial charge is 0.137 e. The van der Waals surface area contributed by atoms with Gasteiger partial charge in [0.1, 0.15) is 11.4 Å². The van der Waals surface area contributed by atoms with E-state index in [-0.39, 0.29) is 12.0 Å². The van der Waals surface area contributed by atoms with Crippen molar-refractivity contribution >= 4 is 11.6 Å². The largest absolute Gasteiger partial charge is 0.495 e. The molecule has 0 amide bonds. The molecular formula is C13H20ClNO2. The third-order valence-corrected chi connectivity index (χ3v) is 3.48. The first-order valence-electron chi connectivity index (χ1n) is 5.52. The molecule has 1 unspecified atom stereocenters. The number of nitrogens with two attached hydrogens (primary N) is 1. The Morgan fingerprint density at radius 1 is 1.35 bits per heavy atom. The van der Waals surface area contributed by atoms with Crippen molar-refractivity contribution in [2.45, 2.75) is 26.4 Å². The molecule has 0 aliphatic carbocycles. The molecule has 0 fully saturated rings. The molecule has 4 heteroatoms. The second-order valence-corrected chi connectivity index (χ2v) is 5.57. The van der Waals surface area contributed by atoms with Gasteiger partial charge in [-0.3, -0.25) is 0 Å². The molecule has 0 aromatic heterocycles. The van der Waals surface area contributed by atoms with Gasteiger partial charge in [0.25, 0.3) is 0 Å². The predicted molar refractivity (Wildman–Crippen MR) is 70.4 cm³/mol. The van der Waals surface area contributed by atoms with Gasteiger partial charge in [0.05, 0.1) is 12.1 Å². The van der Waals surface area contributed by atoms with Gasteiger partial charge in [-0.2, -0.15) is 0 Å². The molecule has 0 aliphatic rings. The van der Waals surface area contributed by atoms with Crippen molar-refractivity contribution in [2.24, 2.45) is 11.1 Å². The molecule has 1 aromatic rings. The van der Waals surface area contributed by atoms with Gasteiger partial charge in [0.2, 0.25) is 0 Å². The lowest BCUT2D eigenvalue weighted by Crippen LogP contribution is -2.46. The SMILES string of the molecule is COc1cc(C(O)(CN)C(C)(C)C)ccc1Cl. The number of ether oxygens (including phenoxy) is 1. The highest BCUT2D eigenvalue weighted by atomic mass is 35.5. The van der Waals surface area contributed by atoms with Gasteiger partial charge >= 0.3 is 0 Å². The molecule has 3 nitrogen and oxygen atoms in total. The van der Waals surface area contributed by atoms with Crippen molar-refractivity contribution in [3.8, 4) is 5.75 Å². The van der Waals surface area contributed by atoms with E-state index in [0.717, 1.165) is 0 Å². The summed E-state index contributed by atoms with van der Waals surface area (Å²) in [7, 11) is 1.55. The summed E-state index contributed by atoms with van der Waals surface area (Å²) in [6.07, 6.45) is 0. The highest BCUT2D eigenvalue weighted by molar-refractivity contribution is 6.32. The van der Waals surface area contributed by atoms with Crippen molar-refractivity contribution in [3.05, 3.63) is 28.8 Å². The first kappa shape index (κ1) is 14.3. The summed E-state index contributed by atoms with van der Waals surface area (Å²) in [5, 5.41) is 11.2. The standard InChI is InChI=1S/C13H20ClNO2/c1-12(2,3)13(16,8-15)9-5-6-10(14)11(7-9)17-4/h5-7,16H,8,15H2,1-4H3. The topological polar surface area (TPSA) is 55.5 Å². The Hall–Kier alpha value is -0.770. The summed E-state index contributed by atoms with van der Waals surface area (Å²) < 4.78 is 5.15. The number of aliphatic hydroxyl groups is 1. The Morgan fingerprint density at radius 3 is 2.35 bits per heavy atom. The summed E-state index contributed by atoms with van der Waals surface area (Å²) >= 11 is 5.97. The first-order valence-corrected chi connectivity index (χ1v) is 5.90. The van der Waals surface area contributed by atoms with Crippen molar-refractivity contribution in [3.63, 3.8) is 0 Å². The Bertz CT molecular complexity index is 401. The number of rotatable bonds is 3. The predicted octanol–water partition coefficient (Wildman–Crippen LogP) is 2.54. The van der Waals surface area contributed by atoms with Crippen LogP contribution in [-0.4, -0.2) is 18.8 Å². The molecular weight excluding hydrogens is 238 g/mol. The van der Waals surface area contributed by atoms with E-state index in [4.69, 9.17) is 22.1 Å². The molecule has 3 N–H and O–H groups in total. The van der Waals surface area contributed by atoms with Crippen LogP contribution in [0.2, 0.25) is 5.02 Å². The third-order valence-electron chi connectivity index (χ3n) is 3.16. The average molecular weight is 258 g/mol. The van der Waals surface area contributed by atoms with Crippen LogP contribution in [0.5, 0.6) is 5.75 Å². The number of halogens is 1. The fourth-order valence-corrected chi connectivity index (χ4v) is 1.97. The summed E-state index contributed by atoms with van der Waals surface area (Å²) in [6, 6.07) is 5.23. The van der Waals surface area contributed by atoms with Crippen molar-refractivity contribution in [2.75, 3.05) is 13.7 Å². The molecule has 0 saturated carbocycles. The summed E-state index contributed by atoms with van der Waals surface area (Å²) in [6.45, 7) is 5.98. The molecule has 0 aliphatic heterocycles. The molecule has 0 spiro atoms. The van der Waals surface area contributed by atoms with Crippen molar-refractivity contribution in [1.29, 1.82) is 0 Å². The lowest BCUT2D eigenvalue weighted by atomic mass is 9.72. The van der Waals surface area contributed by atoms with Gasteiger partial charge in [-0.15, -0.1) is 0 Å². The van der Waals surface area contributed by atoms with E-state index in [9.17, 15) is 5.11 Å². The molecule has 0 bridgehead atoms. The van der Waals surface area contributed by atoms with E-state index >= 15 is 0 Å². The van der Waals surface area contributed by atoms with Crippen LogP contribution in [0.25, 0.3) is 0 Å². The minimum Gasteiger partial charge on any atom is -0.495 e. The van der Waals surface area contributed by atoms with Crippen LogP contribution in [-0.2, 0) is 5.60 Å². The Kier molecular flexibility index (Phi) is 4.07. The van der Waals surface area contributed by atoms with Gasteiger partial charge in [0, 0.05) is 6.54 Å². The van der Waals surface area contributed by atoms with Crippen LogP contribution in [0.3, 0.4) is 0 Å². The maximum Gasteiger partial charge on any atom is 0.137 e. The summed E-state index contributed by atoms with van der Waals surface area (Å²) in [5.41, 5.74) is 4.97. The fraction of sp³-hybridized carbons (Fsp3) is 0.538. The second-order valence-electron chi connectivity index (χ2n) is 5.16. The molecule has 1 rings (SSSR count). The lowest BCUT2D eigenvalue weighted by Gasteiger charge is -2.40. The zero-order valence-electron chi connectivity index (χ0n) is 10.7. The number of benzene rings is 1. The summed E-state index contributed by atoms with van der Waals surface area (Å²) in [4.78, 5) is 0. The van der Waals surface area contributed by atoms with Gasteiger partial charge in [-0.1, -0.05) is 38.4 Å². The first-order chi connectivity index (χ1) is 7.76. The third kappa shape index (κ3) is 2.57. The van der Waals surface area contributed by atoms with Crippen LogP contribution < -0.4 is 10.5 Å². The zero-order chi connectivity index (χ0) is 13.3. The Labute approximate surface area is 108 Å². The Balaban J connectivity index is 3.31. The summed E-state index contributed by atoms with van der Waals surface area (Å²) in [5.74, 6) is 0.542. The van der Waals surface area contributed by atoms with Gasteiger partial charge in [-0.25, -0.2) is 0 Å². The molecule has 0 radical (unpaired) electrons. The van der Waals surface area contributed by atoms with Crippen molar-refractivity contribution < 1.29 is 9.84 Å². The maximum absolute atomic E-state index is 10.7. The lowest BCUT2D eigenvalue weighted by molar-refractivity contribution is -0.0558. The van der Waals surface area contributed by atoms with Gasteiger partial charge in [-0.05, 0) is 23.1 Å². The maximum atomic E-state index is 10.7. The normalized spacial score (nSPS) is 15.5. The molecule has 0 heterocycles. The average Bonchev–Trinajstić information content (AvgIpc) is 2.27. The molecule has 1 atom stereocenters. The molecule has 1 aromatic carbocycles. The minimum absolute atomic E-state index is 0.140. The van der Waals surface area contributed by atoms with Crippen molar-refractivity contribution in [1.82, 2.24) is 0 Å². The minimum atomic E-state index is -1.11. The number of hydrogen-bond donors (Lipinski definition) is 2. The van der Waals surface area contributed by atoms with Crippen LogP contribution in [0.15, 0.2) is 18.2 Å². The van der Waals surface area contributed by atoms with E-state index in [1.54, 1.807) is 25.3 Å². The number of methoxy groups -OCH3 is 1. The Morgan fingerprint density at radius 2 is 1.94 bits per heavy atom. The van der Waals surface area contributed by atoms with Crippen LogP contribution >= 0.6 is 11.6 Å². The van der Waals surface area contributed by atoms with Crippen LogP contribution in [0, 0.1) is 5.41 Å². The monoisotopic (exact) mass is 257 g/mol. The highest BCUT2D eigenvalue weighted by Gasteiger charge is 2.40. The number of hydrogen-bond acceptors (Lipinski definition) is 3. The van der Waals surface area contributed by atoms with E-state index in [1.165, 1.54) is 0 Å². The van der Waals surface area contributed by atoms with Crippen LogP contribution in [0.4, 0.5) is 0 Å². The van der Waals surface area contributed by atoms with Gasteiger partial charge < -0.3 is 15.6 Å². The van der Waals surface area contributed by atoms with E-state index in [1.807, 2.05) is 20.8 Å². The fourth-order valence-electron chi connectivity index (χ4n) is 1.77. The van der Waals surface area contributed by atoms with Gasteiger partial charge in [0.15, 0.2) is 0 Å². The van der Waals surface area contributed by atoms with E-state index in [0.29, 0.717) is 16.3 Å². The quantitative estimate of drug-likeness (QED) is 0.875.